The van der Waals surface area contributed by atoms with Crippen molar-refractivity contribution in [3.8, 4) is 5.82 Å². The lowest BCUT2D eigenvalue weighted by atomic mass is 9.96. The molecule has 3 aromatic rings. The van der Waals surface area contributed by atoms with Gasteiger partial charge in [0.1, 0.15) is 5.82 Å². The Balaban J connectivity index is 1.35. The average molecular weight is 393 g/mol. The van der Waals surface area contributed by atoms with Crippen LogP contribution in [0.5, 0.6) is 0 Å². The number of pyridine rings is 1. The van der Waals surface area contributed by atoms with Crippen LogP contribution in [-0.2, 0) is 17.9 Å². The molecule has 1 aliphatic heterocycles. The fourth-order valence-electron chi connectivity index (χ4n) is 3.80. The molecule has 3 heterocycles. The van der Waals surface area contributed by atoms with Gasteiger partial charge in [0.2, 0.25) is 5.91 Å². The van der Waals surface area contributed by atoms with Gasteiger partial charge < -0.3 is 5.32 Å². The van der Waals surface area contributed by atoms with E-state index in [1.54, 1.807) is 29.2 Å². The summed E-state index contributed by atoms with van der Waals surface area (Å²) in [6.45, 7) is 2.67. The summed E-state index contributed by atoms with van der Waals surface area (Å²) in [5.41, 5.74) is 1.85. The molecule has 1 aromatic carbocycles. The number of carbonyl (C=O) groups is 1. The number of halogens is 1. The summed E-state index contributed by atoms with van der Waals surface area (Å²) in [5, 5.41) is 7.29. The van der Waals surface area contributed by atoms with Crippen LogP contribution in [-0.4, -0.2) is 38.7 Å². The Labute approximate surface area is 169 Å². The summed E-state index contributed by atoms with van der Waals surface area (Å²) in [6.07, 6.45) is 7.07. The minimum absolute atomic E-state index is 0.0456. The first-order valence-electron chi connectivity index (χ1n) is 9.87. The Morgan fingerprint density at radius 2 is 2.14 bits per heavy atom. The predicted octanol–water partition coefficient (Wildman–Crippen LogP) is 2.93. The lowest BCUT2D eigenvalue weighted by Gasteiger charge is -2.32. The van der Waals surface area contributed by atoms with E-state index in [-0.39, 0.29) is 17.6 Å². The first kappa shape index (κ1) is 19.3. The molecule has 1 N–H and O–H groups in total. The monoisotopic (exact) mass is 393 g/mol. The number of carbonyl (C=O) groups excluding carboxylic acids is 1. The number of benzene rings is 1. The summed E-state index contributed by atoms with van der Waals surface area (Å²) in [7, 11) is 0. The quantitative estimate of drug-likeness (QED) is 0.700. The van der Waals surface area contributed by atoms with E-state index < -0.39 is 0 Å². The van der Waals surface area contributed by atoms with Crippen LogP contribution >= 0.6 is 0 Å². The van der Waals surface area contributed by atoms with Gasteiger partial charge in [-0.05, 0) is 49.2 Å². The molecule has 0 bridgehead atoms. The van der Waals surface area contributed by atoms with E-state index in [0.29, 0.717) is 25.5 Å². The summed E-state index contributed by atoms with van der Waals surface area (Å²) in [5.74, 6) is 0.471. The van der Waals surface area contributed by atoms with Crippen molar-refractivity contribution in [2.24, 2.45) is 5.92 Å². The molecular formula is C22H24FN5O. The summed E-state index contributed by atoms with van der Waals surface area (Å²) >= 11 is 0. The van der Waals surface area contributed by atoms with Gasteiger partial charge in [-0.2, -0.15) is 5.10 Å². The highest BCUT2D eigenvalue weighted by molar-refractivity contribution is 5.79. The van der Waals surface area contributed by atoms with E-state index in [1.165, 1.54) is 6.07 Å². The number of aromatic nitrogens is 3. The number of amides is 1. The van der Waals surface area contributed by atoms with Gasteiger partial charge in [-0.15, -0.1) is 0 Å². The maximum Gasteiger partial charge on any atom is 0.224 e. The molecule has 2 aromatic heterocycles. The van der Waals surface area contributed by atoms with Gasteiger partial charge in [0.25, 0.3) is 0 Å². The average Bonchev–Trinajstić information content (AvgIpc) is 3.27. The minimum Gasteiger partial charge on any atom is -0.352 e. The Morgan fingerprint density at radius 1 is 1.21 bits per heavy atom. The van der Waals surface area contributed by atoms with Gasteiger partial charge >= 0.3 is 0 Å². The lowest BCUT2D eigenvalue weighted by Crippen LogP contribution is -2.42. The molecule has 1 fully saturated rings. The summed E-state index contributed by atoms with van der Waals surface area (Å²) in [4.78, 5) is 19.4. The van der Waals surface area contributed by atoms with E-state index >= 15 is 0 Å². The number of nitrogens with zero attached hydrogens (tertiary/aromatic N) is 4. The van der Waals surface area contributed by atoms with Crippen molar-refractivity contribution >= 4 is 5.91 Å². The molecule has 0 radical (unpaired) electrons. The molecule has 1 amide bonds. The van der Waals surface area contributed by atoms with Gasteiger partial charge in [-0.1, -0.05) is 18.2 Å². The first-order valence-corrected chi connectivity index (χ1v) is 9.87. The van der Waals surface area contributed by atoms with Crippen LogP contribution in [0, 0.1) is 11.7 Å². The highest BCUT2D eigenvalue weighted by Gasteiger charge is 2.26. The Bertz CT molecular complexity index is 959. The number of hydrogen-bond donors (Lipinski definition) is 1. The van der Waals surface area contributed by atoms with E-state index in [9.17, 15) is 9.18 Å². The normalized spacial score (nSPS) is 17.2. The zero-order chi connectivity index (χ0) is 20.1. The number of hydrogen-bond acceptors (Lipinski definition) is 4. The van der Waals surface area contributed by atoms with E-state index in [1.807, 2.05) is 30.5 Å². The lowest BCUT2D eigenvalue weighted by molar-refractivity contribution is -0.126. The van der Waals surface area contributed by atoms with Crippen LogP contribution in [0.25, 0.3) is 5.82 Å². The second kappa shape index (κ2) is 8.96. The maximum atomic E-state index is 13.4. The van der Waals surface area contributed by atoms with Crippen molar-refractivity contribution in [3.05, 3.63) is 78.0 Å². The Kier molecular flexibility index (Phi) is 5.95. The third-order valence-corrected chi connectivity index (χ3v) is 5.21. The number of likely N-dealkylation sites (tertiary alicyclic amines) is 1. The zero-order valence-corrected chi connectivity index (χ0v) is 16.2. The molecule has 29 heavy (non-hydrogen) atoms. The van der Waals surface area contributed by atoms with Gasteiger partial charge in [0.15, 0.2) is 5.82 Å². The van der Waals surface area contributed by atoms with Crippen LogP contribution in [0.3, 0.4) is 0 Å². The highest BCUT2D eigenvalue weighted by atomic mass is 19.1. The van der Waals surface area contributed by atoms with Gasteiger partial charge in [0, 0.05) is 43.8 Å². The first-order chi connectivity index (χ1) is 14.2. The molecule has 1 atom stereocenters. The summed E-state index contributed by atoms with van der Waals surface area (Å²) < 4.78 is 15.1. The molecular weight excluding hydrogens is 369 g/mol. The van der Waals surface area contributed by atoms with E-state index in [4.69, 9.17) is 0 Å². The molecule has 1 saturated heterocycles. The maximum absolute atomic E-state index is 13.4. The van der Waals surface area contributed by atoms with Crippen molar-refractivity contribution in [2.45, 2.75) is 25.9 Å². The largest absolute Gasteiger partial charge is 0.352 e. The molecule has 1 unspecified atom stereocenters. The van der Waals surface area contributed by atoms with Crippen LogP contribution in [0.2, 0.25) is 0 Å². The third-order valence-electron chi connectivity index (χ3n) is 5.21. The predicted molar refractivity (Wildman–Crippen MR) is 108 cm³/mol. The molecule has 7 heteroatoms. The fraction of sp³-hybridized carbons (Fsp3) is 0.318. The molecule has 0 spiro atoms. The number of rotatable bonds is 6. The van der Waals surface area contributed by atoms with Crippen molar-refractivity contribution in [1.82, 2.24) is 25.0 Å². The van der Waals surface area contributed by atoms with Crippen molar-refractivity contribution in [3.63, 3.8) is 0 Å². The SMILES string of the molecule is O=C(NCc1cccnc1-n1cccn1)C1CCCN(Cc2cccc(F)c2)C1. The van der Waals surface area contributed by atoms with Gasteiger partial charge in [0.05, 0.1) is 5.92 Å². The zero-order valence-electron chi connectivity index (χ0n) is 16.2. The van der Waals surface area contributed by atoms with Crippen molar-refractivity contribution < 1.29 is 9.18 Å². The van der Waals surface area contributed by atoms with Crippen LogP contribution in [0.1, 0.15) is 24.0 Å². The highest BCUT2D eigenvalue weighted by Crippen LogP contribution is 2.20. The van der Waals surface area contributed by atoms with Crippen LogP contribution in [0.15, 0.2) is 61.1 Å². The Morgan fingerprint density at radius 3 is 2.97 bits per heavy atom. The van der Waals surface area contributed by atoms with Crippen LogP contribution in [0.4, 0.5) is 4.39 Å². The third kappa shape index (κ3) is 4.86. The number of piperidine rings is 1. The van der Waals surface area contributed by atoms with E-state index in [2.05, 4.69) is 20.3 Å². The molecule has 6 nitrogen and oxygen atoms in total. The minimum atomic E-state index is -0.224. The van der Waals surface area contributed by atoms with Gasteiger partial charge in [-0.25, -0.2) is 14.1 Å². The number of nitrogens with one attached hydrogen (secondary N) is 1. The summed E-state index contributed by atoms with van der Waals surface area (Å²) in [6, 6.07) is 12.3. The van der Waals surface area contributed by atoms with Crippen molar-refractivity contribution in [2.75, 3.05) is 13.1 Å². The molecule has 0 saturated carbocycles. The van der Waals surface area contributed by atoms with E-state index in [0.717, 1.165) is 30.5 Å². The molecule has 150 valence electrons. The topological polar surface area (TPSA) is 63.1 Å². The molecule has 4 rings (SSSR count). The molecule has 0 aliphatic carbocycles. The van der Waals surface area contributed by atoms with Crippen molar-refractivity contribution in [1.29, 1.82) is 0 Å². The standard InChI is InChI=1S/C22H24FN5O/c23-20-8-1-5-17(13-20)15-27-11-3-7-19(16-27)22(29)25-14-18-6-2-9-24-21(18)28-12-4-10-26-28/h1-2,4-6,8-10,12-13,19H,3,7,11,14-16H2,(H,25,29). The second-order valence-electron chi connectivity index (χ2n) is 7.36. The van der Waals surface area contributed by atoms with Gasteiger partial charge in [-0.3, -0.25) is 9.69 Å². The molecule has 1 aliphatic rings. The Hall–Kier alpha value is -3.06. The fourth-order valence-corrected chi connectivity index (χ4v) is 3.80. The van der Waals surface area contributed by atoms with Crippen LogP contribution < -0.4 is 5.32 Å². The second-order valence-corrected chi connectivity index (χ2v) is 7.36. The smallest absolute Gasteiger partial charge is 0.224 e.